The summed E-state index contributed by atoms with van der Waals surface area (Å²) in [5.74, 6) is 0.174. The van der Waals surface area contributed by atoms with Crippen LogP contribution >= 0.6 is 0 Å². The molecule has 0 radical (unpaired) electrons. The van der Waals surface area contributed by atoms with E-state index in [1.165, 1.54) is 0 Å². The number of nitrogens with zero attached hydrogens (tertiary/aromatic N) is 1. The molecule has 0 aromatic carbocycles. The van der Waals surface area contributed by atoms with Gasteiger partial charge in [0.25, 0.3) is 0 Å². The average molecular weight is 344 g/mol. The highest BCUT2D eigenvalue weighted by Crippen LogP contribution is 2.50. The van der Waals surface area contributed by atoms with Gasteiger partial charge in [0.1, 0.15) is 5.75 Å². The van der Waals surface area contributed by atoms with Gasteiger partial charge in [0.15, 0.2) is 5.76 Å². The SMILES string of the molecule is CCO[C@@H]1C[C@@H](NS(=O)(=O)Cc2cc(C)no2)C12CCOCC2. The lowest BCUT2D eigenvalue weighted by Crippen LogP contribution is -2.66. The summed E-state index contributed by atoms with van der Waals surface area (Å²) >= 11 is 0. The summed E-state index contributed by atoms with van der Waals surface area (Å²) in [5.41, 5.74) is 0.537. The molecule has 2 aliphatic rings. The zero-order chi connectivity index (χ0) is 16.5. The Bertz CT molecular complexity index is 636. The van der Waals surface area contributed by atoms with Crippen molar-refractivity contribution in [2.24, 2.45) is 5.41 Å². The standard InChI is InChI=1S/C15H24N2O5S/c1-3-21-14-9-13(15(14)4-6-20-7-5-15)17-23(18,19)10-12-8-11(2)16-22-12/h8,13-14,17H,3-7,9-10H2,1-2H3/t13-,14-/m1/s1. The van der Waals surface area contributed by atoms with Crippen LogP contribution in [0.5, 0.6) is 0 Å². The lowest BCUT2D eigenvalue weighted by atomic mass is 9.58. The highest BCUT2D eigenvalue weighted by Gasteiger charge is 2.57. The van der Waals surface area contributed by atoms with Crippen molar-refractivity contribution in [3.05, 3.63) is 17.5 Å². The fraction of sp³-hybridized carbons (Fsp3) is 0.800. The van der Waals surface area contributed by atoms with Crippen molar-refractivity contribution in [2.45, 2.75) is 51.0 Å². The van der Waals surface area contributed by atoms with Gasteiger partial charge >= 0.3 is 0 Å². The number of sulfonamides is 1. The van der Waals surface area contributed by atoms with Crippen molar-refractivity contribution >= 4 is 10.0 Å². The Labute approximate surface area is 136 Å². The van der Waals surface area contributed by atoms with Gasteiger partial charge in [-0.25, -0.2) is 13.1 Å². The van der Waals surface area contributed by atoms with Crippen LogP contribution in [0.15, 0.2) is 10.6 Å². The van der Waals surface area contributed by atoms with Crippen LogP contribution in [0.1, 0.15) is 37.6 Å². The monoisotopic (exact) mass is 344 g/mol. The maximum Gasteiger partial charge on any atom is 0.219 e. The van der Waals surface area contributed by atoms with Gasteiger partial charge in [-0.2, -0.15) is 0 Å². The molecule has 2 fully saturated rings. The topological polar surface area (TPSA) is 90.7 Å². The molecular weight excluding hydrogens is 320 g/mol. The molecule has 0 amide bonds. The van der Waals surface area contributed by atoms with Crippen LogP contribution in [-0.2, 0) is 25.2 Å². The van der Waals surface area contributed by atoms with Crippen LogP contribution < -0.4 is 4.72 Å². The molecule has 7 nitrogen and oxygen atoms in total. The molecule has 0 bridgehead atoms. The Morgan fingerprint density at radius 3 is 2.78 bits per heavy atom. The second-order valence-corrected chi connectivity index (χ2v) is 8.14. The second kappa shape index (κ2) is 6.51. The van der Waals surface area contributed by atoms with E-state index in [0.717, 1.165) is 12.8 Å². The minimum atomic E-state index is -3.48. The summed E-state index contributed by atoms with van der Waals surface area (Å²) in [6, 6.07) is 1.55. The molecule has 3 rings (SSSR count). The van der Waals surface area contributed by atoms with E-state index >= 15 is 0 Å². The van der Waals surface area contributed by atoms with E-state index in [2.05, 4.69) is 9.88 Å². The van der Waals surface area contributed by atoms with Gasteiger partial charge in [0.05, 0.1) is 11.8 Å². The van der Waals surface area contributed by atoms with E-state index in [1.807, 2.05) is 6.92 Å². The summed E-state index contributed by atoms with van der Waals surface area (Å²) in [4.78, 5) is 0. The Morgan fingerprint density at radius 1 is 1.43 bits per heavy atom. The Kier molecular flexibility index (Phi) is 4.78. The van der Waals surface area contributed by atoms with E-state index in [0.29, 0.717) is 37.7 Å². The predicted octanol–water partition coefficient (Wildman–Crippen LogP) is 1.38. The Morgan fingerprint density at radius 2 is 2.17 bits per heavy atom. The molecule has 1 aliphatic heterocycles. The van der Waals surface area contributed by atoms with E-state index in [1.54, 1.807) is 13.0 Å². The van der Waals surface area contributed by atoms with Crippen molar-refractivity contribution in [2.75, 3.05) is 19.8 Å². The molecule has 8 heteroatoms. The van der Waals surface area contributed by atoms with Crippen molar-refractivity contribution < 1.29 is 22.4 Å². The van der Waals surface area contributed by atoms with Gasteiger partial charge in [-0.3, -0.25) is 0 Å². The molecule has 0 unspecified atom stereocenters. The third-order valence-electron chi connectivity index (χ3n) is 4.91. The zero-order valence-corrected chi connectivity index (χ0v) is 14.4. The molecule has 1 aliphatic carbocycles. The highest BCUT2D eigenvalue weighted by atomic mass is 32.2. The van der Waals surface area contributed by atoms with Crippen LogP contribution in [0.3, 0.4) is 0 Å². The third-order valence-corrected chi connectivity index (χ3v) is 6.22. The molecular formula is C15H24N2O5S. The smallest absolute Gasteiger partial charge is 0.219 e. The van der Waals surface area contributed by atoms with E-state index in [9.17, 15) is 8.42 Å². The molecule has 1 saturated carbocycles. The van der Waals surface area contributed by atoms with Crippen LogP contribution in [-0.4, -0.2) is 45.5 Å². The van der Waals surface area contributed by atoms with Crippen LogP contribution in [0.4, 0.5) is 0 Å². The maximum atomic E-state index is 12.4. The third kappa shape index (κ3) is 3.45. The number of hydrogen-bond donors (Lipinski definition) is 1. The van der Waals surface area contributed by atoms with Gasteiger partial charge in [0.2, 0.25) is 10.0 Å². The predicted molar refractivity (Wildman–Crippen MR) is 83.3 cm³/mol. The Balaban J connectivity index is 1.68. The summed E-state index contributed by atoms with van der Waals surface area (Å²) in [5, 5.41) is 3.73. The van der Waals surface area contributed by atoms with E-state index in [4.69, 9.17) is 14.0 Å². The molecule has 2 atom stereocenters. The van der Waals surface area contributed by atoms with Gasteiger partial charge < -0.3 is 14.0 Å². The van der Waals surface area contributed by atoms with Gasteiger partial charge in [-0.15, -0.1) is 0 Å². The van der Waals surface area contributed by atoms with Crippen molar-refractivity contribution in [1.82, 2.24) is 9.88 Å². The minimum Gasteiger partial charge on any atom is -0.381 e. The first-order chi connectivity index (χ1) is 11.0. The molecule has 1 aromatic heterocycles. The lowest BCUT2D eigenvalue weighted by molar-refractivity contribution is -0.168. The molecule has 130 valence electrons. The molecule has 2 heterocycles. The molecule has 1 aromatic rings. The first-order valence-electron chi connectivity index (χ1n) is 8.07. The minimum absolute atomic E-state index is 0.100. The number of aromatic nitrogens is 1. The molecule has 1 spiro atoms. The summed E-state index contributed by atoms with van der Waals surface area (Å²) in [7, 11) is -3.48. The highest BCUT2D eigenvalue weighted by molar-refractivity contribution is 7.88. The average Bonchev–Trinajstić information content (AvgIpc) is 2.91. The van der Waals surface area contributed by atoms with Gasteiger partial charge in [0, 0.05) is 37.3 Å². The molecule has 1 saturated heterocycles. The quantitative estimate of drug-likeness (QED) is 0.838. The van der Waals surface area contributed by atoms with Gasteiger partial charge in [-0.1, -0.05) is 5.16 Å². The zero-order valence-electron chi connectivity index (χ0n) is 13.6. The number of hydrogen-bond acceptors (Lipinski definition) is 6. The second-order valence-electron chi connectivity index (χ2n) is 6.39. The van der Waals surface area contributed by atoms with Crippen LogP contribution in [0, 0.1) is 12.3 Å². The fourth-order valence-corrected chi connectivity index (χ4v) is 5.06. The summed E-state index contributed by atoms with van der Waals surface area (Å²) in [6.45, 7) is 5.69. The molecule has 1 N–H and O–H groups in total. The summed E-state index contributed by atoms with van der Waals surface area (Å²) < 4.78 is 44.0. The van der Waals surface area contributed by atoms with Crippen LogP contribution in [0.2, 0.25) is 0 Å². The lowest BCUT2D eigenvalue weighted by Gasteiger charge is -2.57. The number of rotatable bonds is 6. The van der Waals surface area contributed by atoms with Gasteiger partial charge in [-0.05, 0) is 33.1 Å². The van der Waals surface area contributed by atoms with E-state index in [-0.39, 0.29) is 23.3 Å². The van der Waals surface area contributed by atoms with Crippen molar-refractivity contribution in [3.8, 4) is 0 Å². The Hall–Kier alpha value is -0.960. The normalized spacial score (nSPS) is 27.0. The number of aryl methyl sites for hydroxylation is 1. The maximum absolute atomic E-state index is 12.4. The number of ether oxygens (including phenoxy) is 2. The number of nitrogens with one attached hydrogen (secondary N) is 1. The molecule has 23 heavy (non-hydrogen) atoms. The van der Waals surface area contributed by atoms with E-state index < -0.39 is 10.0 Å². The first-order valence-corrected chi connectivity index (χ1v) is 9.72. The fourth-order valence-electron chi connectivity index (χ4n) is 3.70. The largest absolute Gasteiger partial charge is 0.381 e. The van der Waals surface area contributed by atoms with Crippen molar-refractivity contribution in [1.29, 1.82) is 0 Å². The summed E-state index contributed by atoms with van der Waals surface area (Å²) in [6.07, 6.45) is 2.47. The first kappa shape index (κ1) is 16.9. The van der Waals surface area contributed by atoms with Crippen molar-refractivity contribution in [3.63, 3.8) is 0 Å². The van der Waals surface area contributed by atoms with Crippen LogP contribution in [0.25, 0.3) is 0 Å².